The lowest BCUT2D eigenvalue weighted by atomic mass is 10.1. The second-order valence-electron chi connectivity index (χ2n) is 8.26. The van der Waals surface area contributed by atoms with E-state index in [0.29, 0.717) is 48.0 Å². The molecule has 206 valence electrons. The van der Waals surface area contributed by atoms with Crippen LogP contribution in [0.2, 0.25) is 0 Å². The Hall–Kier alpha value is -3.84. The molecule has 13 heteroatoms. The first-order valence-electron chi connectivity index (χ1n) is 11.3. The Kier molecular flexibility index (Phi) is 11.3. The lowest BCUT2D eigenvalue weighted by molar-refractivity contribution is -0.163. The summed E-state index contributed by atoms with van der Waals surface area (Å²) in [6, 6.07) is 4.81. The van der Waals surface area contributed by atoms with E-state index in [4.69, 9.17) is 0 Å². The molecule has 0 radical (unpaired) electrons. The first-order valence-corrected chi connectivity index (χ1v) is 11.3. The van der Waals surface area contributed by atoms with Crippen molar-refractivity contribution < 1.29 is 31.5 Å². The number of alkyl halides is 5. The summed E-state index contributed by atoms with van der Waals surface area (Å²) in [5, 5.41) is 7.85. The Morgan fingerprint density at radius 2 is 1.82 bits per heavy atom. The van der Waals surface area contributed by atoms with Crippen LogP contribution < -0.4 is 20.7 Å². The Bertz CT molecular complexity index is 1100. The molecule has 0 aliphatic carbocycles. The smallest absolute Gasteiger partial charge is 0.405 e. The summed E-state index contributed by atoms with van der Waals surface area (Å²) >= 11 is 0. The number of nitrogens with one attached hydrogen (secondary N) is 3. The first-order chi connectivity index (χ1) is 17.9. The zero-order chi connectivity index (χ0) is 28.3. The van der Waals surface area contributed by atoms with Gasteiger partial charge in [0.1, 0.15) is 11.8 Å². The standard InChI is InChI=1S/C19H18F2N4O2.C6H11F3N2/c1-12(2)17(24-11-26)8-13(3)25-19-22-9-15(10-23-19)14-4-6-16(7-5-14)27-18(20)21;1-11-3-2-10-5(4-11)6(7,8)9/h4-11,18H,1,3H2,2H3,(H,24,26)(H,22,23,25);5,10H,2-4H2,1H3/b17-8+;. The monoisotopic (exact) mass is 540 g/mol. The third kappa shape index (κ3) is 10.3. The molecule has 1 fully saturated rings. The van der Waals surface area contributed by atoms with Gasteiger partial charge in [-0.25, -0.2) is 9.97 Å². The Labute approximate surface area is 217 Å². The number of halogens is 5. The number of hydrogen-bond donors (Lipinski definition) is 3. The molecule has 2 aromatic rings. The summed E-state index contributed by atoms with van der Waals surface area (Å²) in [7, 11) is 1.69. The van der Waals surface area contributed by atoms with Crippen molar-refractivity contribution in [1.29, 1.82) is 0 Å². The van der Waals surface area contributed by atoms with E-state index in [1.54, 1.807) is 49.5 Å². The van der Waals surface area contributed by atoms with Crippen molar-refractivity contribution >= 4 is 12.4 Å². The average molecular weight is 541 g/mol. The number of carbonyl (C=O) groups is 1. The molecule has 8 nitrogen and oxygen atoms in total. The maximum Gasteiger partial charge on any atom is 0.405 e. The Balaban J connectivity index is 0.000000384. The molecule has 1 unspecified atom stereocenters. The summed E-state index contributed by atoms with van der Waals surface area (Å²) in [5.41, 5.74) is 3.10. The molecule has 1 aromatic carbocycles. The second kappa shape index (κ2) is 14.2. The number of allylic oxidation sites excluding steroid dienone is 2. The zero-order valence-electron chi connectivity index (χ0n) is 20.9. The van der Waals surface area contributed by atoms with Gasteiger partial charge in [-0.2, -0.15) is 22.0 Å². The van der Waals surface area contributed by atoms with E-state index in [2.05, 4.69) is 43.8 Å². The third-order valence-corrected chi connectivity index (χ3v) is 5.10. The van der Waals surface area contributed by atoms with Crippen LogP contribution in [0, 0.1) is 0 Å². The van der Waals surface area contributed by atoms with Crippen LogP contribution in [0.4, 0.5) is 27.9 Å². The molecule has 1 aliphatic rings. The van der Waals surface area contributed by atoms with Gasteiger partial charge in [0, 0.05) is 49.0 Å². The molecule has 0 bridgehead atoms. The summed E-state index contributed by atoms with van der Waals surface area (Å²) in [6.07, 6.45) is 1.22. The van der Waals surface area contributed by atoms with Gasteiger partial charge in [-0.1, -0.05) is 25.3 Å². The van der Waals surface area contributed by atoms with E-state index in [9.17, 15) is 26.7 Å². The fourth-order valence-electron chi connectivity index (χ4n) is 3.19. The number of rotatable bonds is 9. The van der Waals surface area contributed by atoms with Crippen LogP contribution in [0.3, 0.4) is 0 Å². The zero-order valence-corrected chi connectivity index (χ0v) is 20.9. The van der Waals surface area contributed by atoms with Crippen LogP contribution in [-0.2, 0) is 4.79 Å². The normalized spacial score (nSPS) is 16.2. The molecule has 1 aromatic heterocycles. The molecule has 1 saturated heterocycles. The van der Waals surface area contributed by atoms with Crippen molar-refractivity contribution in [3.63, 3.8) is 0 Å². The number of aromatic nitrogens is 2. The van der Waals surface area contributed by atoms with Gasteiger partial charge in [0.15, 0.2) is 0 Å². The van der Waals surface area contributed by atoms with Crippen molar-refractivity contribution in [2.24, 2.45) is 0 Å². The first kappa shape index (κ1) is 30.4. The summed E-state index contributed by atoms with van der Waals surface area (Å²) in [6.45, 7) is 7.64. The minimum Gasteiger partial charge on any atom is -0.435 e. The lowest BCUT2D eigenvalue weighted by Gasteiger charge is -2.31. The molecule has 3 N–H and O–H groups in total. The number of nitrogens with zero attached hydrogens (tertiary/aromatic N) is 3. The van der Waals surface area contributed by atoms with Crippen LogP contribution >= 0.6 is 0 Å². The van der Waals surface area contributed by atoms with E-state index < -0.39 is 18.8 Å². The van der Waals surface area contributed by atoms with Crippen molar-refractivity contribution in [1.82, 2.24) is 25.5 Å². The van der Waals surface area contributed by atoms with Gasteiger partial charge in [-0.3, -0.25) is 4.79 Å². The fraction of sp³-hybridized carbons (Fsp3) is 0.320. The van der Waals surface area contributed by atoms with Crippen molar-refractivity contribution in [2.75, 3.05) is 32.0 Å². The molecule has 38 heavy (non-hydrogen) atoms. The van der Waals surface area contributed by atoms with E-state index in [-0.39, 0.29) is 12.3 Å². The van der Waals surface area contributed by atoms with Crippen LogP contribution in [0.25, 0.3) is 11.1 Å². The highest BCUT2D eigenvalue weighted by atomic mass is 19.4. The summed E-state index contributed by atoms with van der Waals surface area (Å²) < 4.78 is 64.7. The number of carbonyl (C=O) groups excluding carboxylic acids is 1. The third-order valence-electron chi connectivity index (χ3n) is 5.10. The molecular weight excluding hydrogens is 511 g/mol. The van der Waals surface area contributed by atoms with Gasteiger partial charge in [-0.15, -0.1) is 0 Å². The number of amides is 1. The second-order valence-corrected chi connectivity index (χ2v) is 8.26. The quantitative estimate of drug-likeness (QED) is 0.248. The summed E-state index contributed by atoms with van der Waals surface area (Å²) in [4.78, 5) is 20.6. The highest BCUT2D eigenvalue weighted by Crippen LogP contribution is 2.23. The molecule has 0 saturated carbocycles. The minimum atomic E-state index is -4.10. The van der Waals surface area contributed by atoms with Crippen molar-refractivity contribution in [3.05, 3.63) is 72.9 Å². The predicted molar refractivity (Wildman–Crippen MR) is 134 cm³/mol. The number of hydrogen-bond acceptors (Lipinski definition) is 7. The predicted octanol–water partition coefficient (Wildman–Crippen LogP) is 4.33. The van der Waals surface area contributed by atoms with Gasteiger partial charge < -0.3 is 25.6 Å². The van der Waals surface area contributed by atoms with Crippen molar-refractivity contribution in [2.45, 2.75) is 25.8 Å². The number of anilines is 1. The van der Waals surface area contributed by atoms with Gasteiger partial charge in [0.25, 0.3) is 0 Å². The topological polar surface area (TPSA) is 91.4 Å². The van der Waals surface area contributed by atoms with E-state index in [1.807, 2.05) is 0 Å². The fourth-order valence-corrected chi connectivity index (χ4v) is 3.19. The SMILES string of the molecule is C=C(/C=C(/NC=O)C(=C)C)Nc1ncc(-c2ccc(OC(F)F)cc2)cn1.CN1CCNC(C(F)(F)F)C1. The maximum atomic E-state index is 12.2. The summed E-state index contributed by atoms with van der Waals surface area (Å²) in [5.74, 6) is 0.387. The Morgan fingerprint density at radius 1 is 1.18 bits per heavy atom. The highest BCUT2D eigenvalue weighted by molar-refractivity contribution is 5.63. The van der Waals surface area contributed by atoms with E-state index >= 15 is 0 Å². The number of piperazine rings is 1. The van der Waals surface area contributed by atoms with Crippen LogP contribution in [0.5, 0.6) is 5.75 Å². The molecule has 1 atom stereocenters. The van der Waals surface area contributed by atoms with Crippen LogP contribution in [0.1, 0.15) is 6.92 Å². The van der Waals surface area contributed by atoms with Gasteiger partial charge in [0.05, 0.1) is 0 Å². The maximum absolute atomic E-state index is 12.2. The van der Waals surface area contributed by atoms with E-state index in [1.165, 1.54) is 12.1 Å². The molecule has 3 rings (SSSR count). The average Bonchev–Trinajstić information content (AvgIpc) is 2.84. The largest absolute Gasteiger partial charge is 0.435 e. The van der Waals surface area contributed by atoms with Gasteiger partial charge in [-0.05, 0) is 43.3 Å². The molecule has 1 aliphatic heterocycles. The molecular formula is C25H29F5N6O2. The highest BCUT2D eigenvalue weighted by Gasteiger charge is 2.41. The van der Waals surface area contributed by atoms with Crippen molar-refractivity contribution in [3.8, 4) is 16.9 Å². The van der Waals surface area contributed by atoms with Gasteiger partial charge >= 0.3 is 12.8 Å². The Morgan fingerprint density at radius 3 is 2.29 bits per heavy atom. The number of benzene rings is 1. The van der Waals surface area contributed by atoms with Crippen LogP contribution in [0.15, 0.2) is 72.9 Å². The molecule has 2 heterocycles. The minimum absolute atomic E-state index is 0.0590. The molecule has 0 spiro atoms. The number of ether oxygens (including phenoxy) is 1. The lowest BCUT2D eigenvalue weighted by Crippen LogP contribution is -2.55. The number of likely N-dealkylation sites (N-methyl/N-ethyl adjacent to an activating group) is 1. The van der Waals surface area contributed by atoms with Crippen LogP contribution in [-0.4, -0.2) is 66.8 Å². The van der Waals surface area contributed by atoms with E-state index in [0.717, 1.165) is 5.56 Å². The van der Waals surface area contributed by atoms with Gasteiger partial charge in [0.2, 0.25) is 12.4 Å². The molecule has 1 amide bonds.